The van der Waals surface area contributed by atoms with Gasteiger partial charge < -0.3 is 0 Å². The molecular weight excluding hydrogens is 238 g/mol. The van der Waals surface area contributed by atoms with Crippen LogP contribution in [0.3, 0.4) is 0 Å². The second-order valence-corrected chi connectivity index (χ2v) is 4.91. The van der Waals surface area contributed by atoms with Crippen LogP contribution in [0.5, 0.6) is 0 Å². The van der Waals surface area contributed by atoms with E-state index in [9.17, 15) is 4.79 Å². The summed E-state index contributed by atoms with van der Waals surface area (Å²) in [7, 11) is 0. The van der Waals surface area contributed by atoms with Gasteiger partial charge in [-0.15, -0.1) is 11.3 Å². The van der Waals surface area contributed by atoms with Gasteiger partial charge >= 0.3 is 0 Å². The minimum Gasteiger partial charge on any atom is -0.297 e. The summed E-state index contributed by atoms with van der Waals surface area (Å²) in [6.07, 6.45) is 6.20. The molecule has 0 N–H and O–H groups in total. The van der Waals surface area contributed by atoms with Crippen LogP contribution in [0.1, 0.15) is 18.5 Å². The van der Waals surface area contributed by atoms with Crippen molar-refractivity contribution in [3.05, 3.63) is 23.5 Å². The minimum absolute atomic E-state index is 0.00421. The smallest absolute Gasteiger partial charge is 0.252 e. The number of amides is 1. The number of thiazole rings is 1. The molecule has 0 radical (unpaired) electrons. The third kappa shape index (κ3) is 2.18. The van der Waals surface area contributed by atoms with Crippen molar-refractivity contribution < 1.29 is 9.63 Å². The lowest BCUT2D eigenvalue weighted by Crippen LogP contribution is -2.36. The van der Waals surface area contributed by atoms with Crippen LogP contribution in [0.15, 0.2) is 17.8 Å². The average molecular weight is 251 g/mol. The molecular formula is C11H13N3O2S. The highest BCUT2D eigenvalue weighted by Gasteiger charge is 2.19. The van der Waals surface area contributed by atoms with Crippen molar-refractivity contribution >= 4 is 22.2 Å². The Morgan fingerprint density at radius 3 is 3.24 bits per heavy atom. The predicted molar refractivity (Wildman–Crippen MR) is 63.7 cm³/mol. The maximum atomic E-state index is 11.9. The maximum absolute atomic E-state index is 11.9. The highest BCUT2D eigenvalue weighted by molar-refractivity contribution is 7.15. The summed E-state index contributed by atoms with van der Waals surface area (Å²) in [5, 5.41) is 3.44. The van der Waals surface area contributed by atoms with Crippen LogP contribution in [0.2, 0.25) is 0 Å². The number of fused-ring (bicyclic) bond motifs is 1. The molecule has 3 rings (SSSR count). The second kappa shape index (κ2) is 4.46. The van der Waals surface area contributed by atoms with E-state index < -0.39 is 0 Å². The molecule has 6 heteroatoms. The third-order valence-electron chi connectivity index (χ3n) is 2.76. The van der Waals surface area contributed by atoms with Crippen molar-refractivity contribution in [2.75, 3.05) is 13.2 Å². The minimum atomic E-state index is -0.00421. The maximum Gasteiger partial charge on any atom is 0.252 e. The lowest BCUT2D eigenvalue weighted by Gasteiger charge is -2.25. The van der Waals surface area contributed by atoms with Gasteiger partial charge in [-0.1, -0.05) is 0 Å². The summed E-state index contributed by atoms with van der Waals surface area (Å²) >= 11 is 1.57. The predicted octanol–water partition coefficient (Wildman–Crippen LogP) is 1.49. The fraction of sp³-hybridized carbons (Fsp3) is 0.455. The number of nitrogens with zero attached hydrogens (tertiary/aromatic N) is 3. The molecule has 5 nitrogen and oxygen atoms in total. The number of hydroxylamine groups is 2. The summed E-state index contributed by atoms with van der Waals surface area (Å²) < 4.78 is 1.93. The summed E-state index contributed by atoms with van der Waals surface area (Å²) in [5.74, 6) is -0.00421. The highest BCUT2D eigenvalue weighted by Crippen LogP contribution is 2.13. The Balaban J connectivity index is 1.69. The van der Waals surface area contributed by atoms with E-state index in [1.807, 2.05) is 22.2 Å². The number of hydrogen-bond donors (Lipinski definition) is 0. The van der Waals surface area contributed by atoms with Crippen LogP contribution in [0, 0.1) is 0 Å². The van der Waals surface area contributed by atoms with Crippen molar-refractivity contribution in [2.45, 2.75) is 19.3 Å². The molecule has 0 aliphatic carbocycles. The van der Waals surface area contributed by atoms with Crippen molar-refractivity contribution in [2.24, 2.45) is 0 Å². The molecule has 0 spiro atoms. The normalized spacial score (nSPS) is 16.6. The standard InChI is InChI=1S/C11H13N3O2S/c15-10(14-3-1-2-5-16-14)7-9-8-13-4-6-17-11(13)12-9/h4,6,8H,1-3,5,7H2. The molecule has 0 saturated carbocycles. The van der Waals surface area contributed by atoms with E-state index in [1.165, 1.54) is 5.06 Å². The van der Waals surface area contributed by atoms with E-state index in [2.05, 4.69) is 4.98 Å². The van der Waals surface area contributed by atoms with Gasteiger partial charge in [0, 0.05) is 24.3 Å². The number of hydrogen-bond acceptors (Lipinski definition) is 4. The zero-order chi connectivity index (χ0) is 11.7. The monoisotopic (exact) mass is 251 g/mol. The van der Waals surface area contributed by atoms with Crippen molar-refractivity contribution in [3.8, 4) is 0 Å². The summed E-state index contributed by atoms with van der Waals surface area (Å²) in [5.41, 5.74) is 0.802. The largest absolute Gasteiger partial charge is 0.297 e. The molecule has 1 fully saturated rings. The van der Waals surface area contributed by atoms with E-state index >= 15 is 0 Å². The van der Waals surface area contributed by atoms with E-state index in [-0.39, 0.29) is 5.91 Å². The van der Waals surface area contributed by atoms with Crippen LogP contribution in [-0.4, -0.2) is 33.5 Å². The molecule has 3 heterocycles. The van der Waals surface area contributed by atoms with Gasteiger partial charge in [-0.25, -0.2) is 10.0 Å². The molecule has 0 unspecified atom stereocenters. The van der Waals surface area contributed by atoms with Gasteiger partial charge in [0.2, 0.25) is 0 Å². The van der Waals surface area contributed by atoms with E-state index in [0.717, 1.165) is 23.5 Å². The van der Waals surface area contributed by atoms with Gasteiger partial charge in [0.1, 0.15) is 0 Å². The molecule has 1 aliphatic heterocycles. The fourth-order valence-electron chi connectivity index (χ4n) is 1.90. The molecule has 90 valence electrons. The first-order valence-electron chi connectivity index (χ1n) is 5.67. The lowest BCUT2D eigenvalue weighted by atomic mass is 10.2. The van der Waals surface area contributed by atoms with Gasteiger partial charge in [0.25, 0.3) is 5.91 Å². The molecule has 0 bridgehead atoms. The van der Waals surface area contributed by atoms with Crippen LogP contribution >= 0.6 is 11.3 Å². The second-order valence-electron chi connectivity index (χ2n) is 4.04. The van der Waals surface area contributed by atoms with E-state index in [0.29, 0.717) is 19.6 Å². The highest BCUT2D eigenvalue weighted by atomic mass is 32.1. The third-order valence-corrected chi connectivity index (χ3v) is 3.53. The zero-order valence-electron chi connectivity index (χ0n) is 9.33. The molecule has 1 saturated heterocycles. The van der Waals surface area contributed by atoms with Crippen molar-refractivity contribution in [1.82, 2.24) is 14.4 Å². The molecule has 2 aromatic rings. The Morgan fingerprint density at radius 2 is 2.47 bits per heavy atom. The van der Waals surface area contributed by atoms with E-state index in [1.54, 1.807) is 11.3 Å². The Labute approximate surface area is 103 Å². The Bertz CT molecular complexity index is 499. The van der Waals surface area contributed by atoms with Crippen LogP contribution in [0.4, 0.5) is 0 Å². The van der Waals surface area contributed by atoms with Crippen molar-refractivity contribution in [3.63, 3.8) is 0 Å². The first kappa shape index (κ1) is 10.7. The van der Waals surface area contributed by atoms with Crippen LogP contribution < -0.4 is 0 Å². The topological polar surface area (TPSA) is 46.8 Å². The average Bonchev–Trinajstić information content (AvgIpc) is 2.90. The number of carbonyl (C=O) groups excluding carboxylic acids is 1. The quantitative estimate of drug-likeness (QED) is 0.812. The molecule has 0 atom stereocenters. The summed E-state index contributed by atoms with van der Waals surface area (Å²) in [4.78, 5) is 22.6. The SMILES string of the molecule is O=C(Cc1cn2ccsc2n1)N1CCCCO1. The van der Waals surface area contributed by atoms with Crippen LogP contribution in [0.25, 0.3) is 4.96 Å². The summed E-state index contributed by atoms with van der Waals surface area (Å²) in [6.45, 7) is 1.34. The number of aromatic nitrogens is 2. The van der Waals surface area contributed by atoms with E-state index in [4.69, 9.17) is 4.84 Å². The van der Waals surface area contributed by atoms with Gasteiger partial charge in [-0.3, -0.25) is 14.0 Å². The number of rotatable bonds is 2. The molecule has 2 aromatic heterocycles. The van der Waals surface area contributed by atoms with Crippen LogP contribution in [-0.2, 0) is 16.1 Å². The first-order valence-corrected chi connectivity index (χ1v) is 6.55. The van der Waals surface area contributed by atoms with Gasteiger partial charge in [0.05, 0.1) is 18.7 Å². The van der Waals surface area contributed by atoms with Gasteiger partial charge in [-0.05, 0) is 12.8 Å². The van der Waals surface area contributed by atoms with Gasteiger partial charge in [-0.2, -0.15) is 0 Å². The Morgan fingerprint density at radius 1 is 1.53 bits per heavy atom. The number of imidazole rings is 1. The van der Waals surface area contributed by atoms with Gasteiger partial charge in [0.15, 0.2) is 4.96 Å². The molecule has 0 aromatic carbocycles. The molecule has 1 aliphatic rings. The lowest BCUT2D eigenvalue weighted by molar-refractivity contribution is -0.196. The summed E-state index contributed by atoms with van der Waals surface area (Å²) in [6, 6.07) is 0. The zero-order valence-corrected chi connectivity index (χ0v) is 10.2. The first-order chi connectivity index (χ1) is 8.33. The Kier molecular flexibility index (Phi) is 2.82. The molecule has 1 amide bonds. The fourth-order valence-corrected chi connectivity index (χ4v) is 2.62. The molecule has 17 heavy (non-hydrogen) atoms. The Hall–Kier alpha value is -1.40. The van der Waals surface area contributed by atoms with Crippen molar-refractivity contribution in [1.29, 1.82) is 0 Å². The number of carbonyl (C=O) groups is 1.